The molecule has 8 heteroatoms. The molecule has 0 spiro atoms. The highest BCUT2D eigenvalue weighted by atomic mass is 32.1. The van der Waals surface area contributed by atoms with Gasteiger partial charge in [-0.15, -0.1) is 11.3 Å². The minimum atomic E-state index is -0.699. The normalized spacial score (nSPS) is 14.8. The third-order valence-electron chi connectivity index (χ3n) is 3.67. The Morgan fingerprint density at radius 3 is 2.80 bits per heavy atom. The van der Waals surface area contributed by atoms with Crippen molar-refractivity contribution >= 4 is 40.6 Å². The number of thiophene rings is 1. The van der Waals surface area contributed by atoms with E-state index in [1.807, 2.05) is 0 Å². The number of rotatable bonds is 5. The molecule has 1 saturated heterocycles. The molecule has 0 saturated carbocycles. The first-order valence-corrected chi connectivity index (χ1v) is 8.62. The SMILES string of the molecule is CC(NC(=O)c1cccs1)C(=O)Nc1cccc(N2CCOC2=O)c1. The van der Waals surface area contributed by atoms with Gasteiger partial charge >= 0.3 is 6.09 Å². The van der Waals surface area contributed by atoms with E-state index in [0.29, 0.717) is 29.4 Å². The van der Waals surface area contributed by atoms with Crippen LogP contribution in [0.2, 0.25) is 0 Å². The van der Waals surface area contributed by atoms with Crippen LogP contribution in [0, 0.1) is 0 Å². The van der Waals surface area contributed by atoms with Crippen LogP contribution in [0.1, 0.15) is 16.6 Å². The van der Waals surface area contributed by atoms with E-state index in [4.69, 9.17) is 4.74 Å². The molecule has 1 aromatic heterocycles. The van der Waals surface area contributed by atoms with Gasteiger partial charge in [-0.05, 0) is 36.6 Å². The third-order valence-corrected chi connectivity index (χ3v) is 4.54. The van der Waals surface area contributed by atoms with Crippen molar-refractivity contribution in [1.82, 2.24) is 5.32 Å². The molecule has 0 aliphatic carbocycles. The molecule has 3 amide bonds. The molecule has 3 rings (SSSR count). The van der Waals surface area contributed by atoms with Gasteiger partial charge < -0.3 is 15.4 Å². The zero-order chi connectivity index (χ0) is 17.8. The highest BCUT2D eigenvalue weighted by molar-refractivity contribution is 7.12. The molecule has 25 heavy (non-hydrogen) atoms. The Labute approximate surface area is 148 Å². The summed E-state index contributed by atoms with van der Waals surface area (Å²) in [6.45, 7) is 2.44. The van der Waals surface area contributed by atoms with Crippen molar-refractivity contribution < 1.29 is 19.1 Å². The third kappa shape index (κ3) is 3.97. The fourth-order valence-electron chi connectivity index (χ4n) is 2.37. The molecule has 1 aliphatic heterocycles. The molecule has 1 aromatic carbocycles. The van der Waals surface area contributed by atoms with Gasteiger partial charge in [0.1, 0.15) is 12.6 Å². The Balaban J connectivity index is 1.62. The number of amides is 3. The van der Waals surface area contributed by atoms with Crippen LogP contribution >= 0.6 is 11.3 Å². The van der Waals surface area contributed by atoms with Crippen LogP contribution in [0.3, 0.4) is 0 Å². The Morgan fingerprint density at radius 2 is 2.12 bits per heavy atom. The molecule has 1 atom stereocenters. The first-order valence-electron chi connectivity index (χ1n) is 7.74. The van der Waals surface area contributed by atoms with Crippen molar-refractivity contribution in [1.29, 1.82) is 0 Å². The van der Waals surface area contributed by atoms with E-state index in [1.54, 1.807) is 48.7 Å². The highest BCUT2D eigenvalue weighted by Gasteiger charge is 2.24. The minimum absolute atomic E-state index is 0.286. The van der Waals surface area contributed by atoms with Gasteiger partial charge in [-0.3, -0.25) is 14.5 Å². The molecule has 2 aromatic rings. The van der Waals surface area contributed by atoms with E-state index in [9.17, 15) is 14.4 Å². The Hall–Kier alpha value is -2.87. The first-order chi connectivity index (χ1) is 12.0. The van der Waals surface area contributed by atoms with Gasteiger partial charge in [0.05, 0.1) is 11.4 Å². The number of hydrogen-bond donors (Lipinski definition) is 2. The predicted octanol–water partition coefficient (Wildman–Crippen LogP) is 2.46. The molecule has 1 fully saturated rings. The Morgan fingerprint density at radius 1 is 1.28 bits per heavy atom. The van der Waals surface area contributed by atoms with Crippen LogP contribution in [0.25, 0.3) is 0 Å². The van der Waals surface area contributed by atoms with Crippen LogP contribution in [0.4, 0.5) is 16.2 Å². The van der Waals surface area contributed by atoms with Crippen molar-refractivity contribution in [3.05, 3.63) is 46.7 Å². The van der Waals surface area contributed by atoms with Gasteiger partial charge in [-0.25, -0.2) is 4.79 Å². The van der Waals surface area contributed by atoms with E-state index in [2.05, 4.69) is 10.6 Å². The summed E-state index contributed by atoms with van der Waals surface area (Å²) in [5.41, 5.74) is 1.19. The number of nitrogens with one attached hydrogen (secondary N) is 2. The maximum Gasteiger partial charge on any atom is 0.414 e. The summed E-state index contributed by atoms with van der Waals surface area (Å²) >= 11 is 1.31. The van der Waals surface area contributed by atoms with Crippen LogP contribution < -0.4 is 15.5 Å². The number of carbonyl (C=O) groups is 3. The molecule has 2 N–H and O–H groups in total. The smallest absolute Gasteiger partial charge is 0.414 e. The summed E-state index contributed by atoms with van der Waals surface area (Å²) in [6, 6.07) is 9.70. The molecule has 7 nitrogen and oxygen atoms in total. The standard InChI is InChI=1S/C17H17N3O4S/c1-11(18-16(22)14-6-3-9-25-14)15(21)19-12-4-2-5-13(10-12)20-7-8-24-17(20)23/h2-6,9-11H,7-8H2,1H3,(H,18,22)(H,19,21). The average molecular weight is 359 g/mol. The fourth-order valence-corrected chi connectivity index (χ4v) is 3.00. The second kappa shape index (κ2) is 7.35. The molecular weight excluding hydrogens is 342 g/mol. The van der Waals surface area contributed by atoms with Gasteiger partial charge in [-0.1, -0.05) is 12.1 Å². The van der Waals surface area contributed by atoms with Crippen molar-refractivity contribution in [2.75, 3.05) is 23.4 Å². The second-order valence-electron chi connectivity index (χ2n) is 5.48. The number of nitrogens with zero attached hydrogens (tertiary/aromatic N) is 1. The lowest BCUT2D eigenvalue weighted by Gasteiger charge is -2.16. The largest absolute Gasteiger partial charge is 0.447 e. The van der Waals surface area contributed by atoms with E-state index in [0.717, 1.165) is 0 Å². The lowest BCUT2D eigenvalue weighted by Crippen LogP contribution is -2.41. The number of benzene rings is 1. The topological polar surface area (TPSA) is 87.7 Å². The first kappa shape index (κ1) is 17.0. The summed E-state index contributed by atoms with van der Waals surface area (Å²) < 4.78 is 4.91. The lowest BCUT2D eigenvalue weighted by atomic mass is 10.2. The van der Waals surface area contributed by atoms with Crippen LogP contribution in [-0.2, 0) is 9.53 Å². The number of hydrogen-bond acceptors (Lipinski definition) is 5. The van der Waals surface area contributed by atoms with Gasteiger partial charge in [0.2, 0.25) is 5.91 Å². The van der Waals surface area contributed by atoms with Crippen molar-refractivity contribution in [3.8, 4) is 0 Å². The number of carbonyl (C=O) groups excluding carboxylic acids is 3. The highest BCUT2D eigenvalue weighted by Crippen LogP contribution is 2.22. The summed E-state index contributed by atoms with van der Waals surface area (Å²) in [5, 5.41) is 7.20. The maximum atomic E-state index is 12.3. The molecule has 1 aliphatic rings. The monoisotopic (exact) mass is 359 g/mol. The van der Waals surface area contributed by atoms with E-state index < -0.39 is 12.1 Å². The number of ether oxygens (including phenoxy) is 1. The van der Waals surface area contributed by atoms with Crippen LogP contribution in [0.5, 0.6) is 0 Å². The van der Waals surface area contributed by atoms with Crippen LogP contribution in [0.15, 0.2) is 41.8 Å². The molecule has 0 bridgehead atoms. The van der Waals surface area contributed by atoms with E-state index in [-0.39, 0.29) is 11.8 Å². The van der Waals surface area contributed by atoms with Gasteiger partial charge in [0, 0.05) is 11.4 Å². The zero-order valence-electron chi connectivity index (χ0n) is 13.5. The van der Waals surface area contributed by atoms with Crippen LogP contribution in [-0.4, -0.2) is 37.1 Å². The minimum Gasteiger partial charge on any atom is -0.447 e. The lowest BCUT2D eigenvalue weighted by molar-refractivity contribution is -0.117. The maximum absolute atomic E-state index is 12.3. The summed E-state index contributed by atoms with van der Waals surface area (Å²) in [4.78, 5) is 38.0. The van der Waals surface area contributed by atoms with E-state index >= 15 is 0 Å². The molecular formula is C17H17N3O4S. The van der Waals surface area contributed by atoms with Gasteiger partial charge in [0.15, 0.2) is 0 Å². The summed E-state index contributed by atoms with van der Waals surface area (Å²) in [6.07, 6.45) is -0.403. The fraction of sp³-hybridized carbons (Fsp3) is 0.235. The number of anilines is 2. The van der Waals surface area contributed by atoms with Crippen molar-refractivity contribution in [2.45, 2.75) is 13.0 Å². The summed E-state index contributed by atoms with van der Waals surface area (Å²) in [5.74, 6) is -0.628. The van der Waals surface area contributed by atoms with E-state index in [1.165, 1.54) is 16.2 Å². The van der Waals surface area contributed by atoms with Gasteiger partial charge in [0.25, 0.3) is 5.91 Å². The molecule has 130 valence electrons. The quantitative estimate of drug-likeness (QED) is 0.858. The summed E-state index contributed by atoms with van der Waals surface area (Å²) in [7, 11) is 0. The average Bonchev–Trinajstić information content (AvgIpc) is 3.26. The van der Waals surface area contributed by atoms with Crippen molar-refractivity contribution in [3.63, 3.8) is 0 Å². The zero-order valence-corrected chi connectivity index (χ0v) is 14.3. The Kier molecular flexibility index (Phi) is 4.99. The molecule has 0 radical (unpaired) electrons. The second-order valence-corrected chi connectivity index (χ2v) is 6.43. The predicted molar refractivity (Wildman–Crippen MR) is 95.0 cm³/mol. The number of cyclic esters (lactones) is 1. The van der Waals surface area contributed by atoms with Crippen molar-refractivity contribution in [2.24, 2.45) is 0 Å². The molecule has 1 unspecified atom stereocenters. The molecule has 2 heterocycles. The Bertz CT molecular complexity index is 791. The van der Waals surface area contributed by atoms with Gasteiger partial charge in [-0.2, -0.15) is 0 Å².